The molecule has 3 aromatic carbocycles. The Morgan fingerprint density at radius 3 is 2.39 bits per heavy atom. The van der Waals surface area contributed by atoms with Crippen LogP contribution in [-0.4, -0.2) is 47.8 Å². The third-order valence-corrected chi connectivity index (χ3v) is 6.33. The van der Waals surface area contributed by atoms with E-state index in [1.165, 1.54) is 6.07 Å². The second kappa shape index (κ2) is 11.0. The average molecular weight is 505 g/mol. The molecule has 184 valence electrons. The summed E-state index contributed by atoms with van der Waals surface area (Å²) in [5.74, 6) is -0.489. The van der Waals surface area contributed by atoms with E-state index in [2.05, 4.69) is 10.2 Å². The second-order valence-corrected chi connectivity index (χ2v) is 8.84. The lowest BCUT2D eigenvalue weighted by atomic mass is 10.1. The molecule has 4 rings (SSSR count). The zero-order valence-corrected chi connectivity index (χ0v) is 20.4. The Morgan fingerprint density at radius 1 is 1.00 bits per heavy atom. The van der Waals surface area contributed by atoms with Gasteiger partial charge in [-0.3, -0.25) is 19.7 Å². The maximum absolute atomic E-state index is 12.6. The summed E-state index contributed by atoms with van der Waals surface area (Å²) < 4.78 is 0. The number of benzene rings is 3. The Labute approximate surface area is 213 Å². The van der Waals surface area contributed by atoms with E-state index < -0.39 is 10.8 Å². The van der Waals surface area contributed by atoms with Gasteiger partial charge in [0.25, 0.3) is 11.6 Å². The molecule has 0 aliphatic carbocycles. The van der Waals surface area contributed by atoms with Crippen LogP contribution in [0.3, 0.4) is 0 Å². The number of halogens is 1. The van der Waals surface area contributed by atoms with Crippen LogP contribution in [0.1, 0.15) is 21.5 Å². The molecule has 36 heavy (non-hydrogen) atoms. The number of nitrogens with one attached hydrogen (secondary N) is 1. The standard InChI is InChI=1S/C27H25ClN4O4/c1-19-7-9-21(17-25(19)32(35)36)27(34)29-22-10-11-24(23(28)18-22)30-13-15-31(16-14-30)26(33)12-8-20-5-3-2-4-6-20/h2-12,17-18H,13-16H2,1H3,(H,29,34)/b12-8+. The Bertz CT molecular complexity index is 1320. The van der Waals surface area contributed by atoms with Crippen LogP contribution in [0.5, 0.6) is 0 Å². The van der Waals surface area contributed by atoms with Gasteiger partial charge in [0.1, 0.15) is 0 Å². The molecule has 0 radical (unpaired) electrons. The van der Waals surface area contributed by atoms with Crippen molar-refractivity contribution in [2.24, 2.45) is 0 Å². The molecule has 3 aromatic rings. The smallest absolute Gasteiger partial charge is 0.273 e. The second-order valence-electron chi connectivity index (χ2n) is 8.44. The Kier molecular flexibility index (Phi) is 7.65. The molecule has 1 saturated heterocycles. The van der Waals surface area contributed by atoms with E-state index in [1.54, 1.807) is 42.2 Å². The summed E-state index contributed by atoms with van der Waals surface area (Å²) in [6, 6.07) is 19.2. The monoisotopic (exact) mass is 504 g/mol. The van der Waals surface area contributed by atoms with Crippen molar-refractivity contribution in [3.05, 3.63) is 105 Å². The first kappa shape index (κ1) is 24.9. The van der Waals surface area contributed by atoms with E-state index in [0.29, 0.717) is 42.5 Å². The zero-order valence-electron chi connectivity index (χ0n) is 19.7. The Hall–Kier alpha value is -4.17. The fourth-order valence-electron chi connectivity index (χ4n) is 4.00. The lowest BCUT2D eigenvalue weighted by molar-refractivity contribution is -0.385. The molecule has 0 spiro atoms. The molecule has 9 heteroatoms. The predicted octanol–water partition coefficient (Wildman–Crippen LogP) is 5.17. The molecule has 0 saturated carbocycles. The number of hydrogen-bond acceptors (Lipinski definition) is 5. The van der Waals surface area contributed by atoms with Crippen molar-refractivity contribution in [2.75, 3.05) is 36.4 Å². The molecule has 8 nitrogen and oxygen atoms in total. The summed E-state index contributed by atoms with van der Waals surface area (Å²) in [4.78, 5) is 39.7. The highest BCUT2D eigenvalue weighted by Gasteiger charge is 2.22. The topological polar surface area (TPSA) is 95.8 Å². The molecule has 1 aliphatic heterocycles. The maximum atomic E-state index is 12.6. The van der Waals surface area contributed by atoms with Crippen molar-refractivity contribution < 1.29 is 14.5 Å². The minimum absolute atomic E-state index is 0.0287. The van der Waals surface area contributed by atoms with Gasteiger partial charge in [0.05, 0.1) is 15.6 Å². The highest BCUT2D eigenvalue weighted by molar-refractivity contribution is 6.33. The van der Waals surface area contributed by atoms with E-state index in [1.807, 2.05) is 42.5 Å². The quantitative estimate of drug-likeness (QED) is 0.284. The first-order valence-electron chi connectivity index (χ1n) is 11.4. The van der Waals surface area contributed by atoms with Crippen LogP contribution < -0.4 is 10.2 Å². The zero-order chi connectivity index (χ0) is 25.7. The number of piperazine rings is 1. The molecule has 1 N–H and O–H groups in total. The molecule has 1 fully saturated rings. The number of carbonyl (C=O) groups excluding carboxylic acids is 2. The molecular weight excluding hydrogens is 480 g/mol. The van der Waals surface area contributed by atoms with Crippen LogP contribution in [0.15, 0.2) is 72.8 Å². The van der Waals surface area contributed by atoms with Crippen LogP contribution in [0, 0.1) is 17.0 Å². The maximum Gasteiger partial charge on any atom is 0.273 e. The van der Waals surface area contributed by atoms with E-state index in [9.17, 15) is 19.7 Å². The van der Waals surface area contributed by atoms with Gasteiger partial charge < -0.3 is 15.1 Å². The number of nitro groups is 1. The van der Waals surface area contributed by atoms with Gasteiger partial charge in [0.2, 0.25) is 5.91 Å². The summed E-state index contributed by atoms with van der Waals surface area (Å²) in [5, 5.41) is 14.4. The molecule has 0 aromatic heterocycles. The lowest BCUT2D eigenvalue weighted by Crippen LogP contribution is -2.48. The van der Waals surface area contributed by atoms with Gasteiger partial charge in [-0.15, -0.1) is 0 Å². The largest absolute Gasteiger partial charge is 0.367 e. The SMILES string of the molecule is Cc1ccc(C(=O)Nc2ccc(N3CCN(C(=O)/C=C/c4ccccc4)CC3)c(Cl)c2)cc1[N+](=O)[O-]. The van der Waals surface area contributed by atoms with Gasteiger partial charge in [-0.25, -0.2) is 0 Å². The lowest BCUT2D eigenvalue weighted by Gasteiger charge is -2.36. The molecule has 0 bridgehead atoms. The van der Waals surface area contributed by atoms with Crippen LogP contribution in [-0.2, 0) is 4.79 Å². The van der Waals surface area contributed by atoms with Crippen molar-refractivity contribution in [1.82, 2.24) is 4.90 Å². The number of rotatable bonds is 6. The fraction of sp³-hybridized carbons (Fsp3) is 0.185. The number of nitro benzene ring substituents is 1. The number of carbonyl (C=O) groups is 2. The van der Waals surface area contributed by atoms with Crippen LogP contribution in [0.2, 0.25) is 5.02 Å². The third kappa shape index (κ3) is 5.90. The minimum Gasteiger partial charge on any atom is -0.367 e. The number of amides is 2. The molecule has 1 aliphatic rings. The van der Waals surface area contributed by atoms with Crippen molar-refractivity contribution in [2.45, 2.75) is 6.92 Å². The normalized spacial score (nSPS) is 13.6. The van der Waals surface area contributed by atoms with Gasteiger partial charge in [-0.05, 0) is 42.8 Å². The van der Waals surface area contributed by atoms with Gasteiger partial charge in [-0.2, -0.15) is 0 Å². The highest BCUT2D eigenvalue weighted by atomic mass is 35.5. The van der Waals surface area contributed by atoms with Crippen molar-refractivity contribution in [1.29, 1.82) is 0 Å². The predicted molar refractivity (Wildman–Crippen MR) is 142 cm³/mol. The van der Waals surface area contributed by atoms with Gasteiger partial charge in [0, 0.05) is 55.1 Å². The van der Waals surface area contributed by atoms with Crippen LogP contribution in [0.25, 0.3) is 6.08 Å². The Balaban J connectivity index is 1.36. The first-order chi connectivity index (χ1) is 17.3. The summed E-state index contributed by atoms with van der Waals surface area (Å²) in [7, 11) is 0. The van der Waals surface area contributed by atoms with Crippen LogP contribution >= 0.6 is 11.6 Å². The molecular formula is C27H25ClN4O4. The van der Waals surface area contributed by atoms with E-state index >= 15 is 0 Å². The van der Waals surface area contributed by atoms with E-state index in [0.717, 1.165) is 11.3 Å². The Morgan fingerprint density at radius 2 is 1.72 bits per heavy atom. The van der Waals surface area contributed by atoms with E-state index in [-0.39, 0.29) is 17.2 Å². The summed E-state index contributed by atoms with van der Waals surface area (Å²) in [6.07, 6.45) is 3.41. The average Bonchev–Trinajstić information content (AvgIpc) is 2.88. The summed E-state index contributed by atoms with van der Waals surface area (Å²) in [5.41, 5.74) is 2.84. The van der Waals surface area contributed by atoms with Gasteiger partial charge >= 0.3 is 0 Å². The van der Waals surface area contributed by atoms with Crippen LogP contribution in [0.4, 0.5) is 17.1 Å². The molecule has 0 unspecified atom stereocenters. The number of aryl methyl sites for hydroxylation is 1. The third-order valence-electron chi connectivity index (χ3n) is 6.02. The van der Waals surface area contributed by atoms with Gasteiger partial charge in [0.15, 0.2) is 0 Å². The van der Waals surface area contributed by atoms with Crippen molar-refractivity contribution in [3.63, 3.8) is 0 Å². The first-order valence-corrected chi connectivity index (χ1v) is 11.8. The van der Waals surface area contributed by atoms with Gasteiger partial charge in [-0.1, -0.05) is 48.0 Å². The number of hydrogen-bond donors (Lipinski definition) is 1. The molecule has 2 amide bonds. The summed E-state index contributed by atoms with van der Waals surface area (Å²) >= 11 is 6.52. The molecule has 1 heterocycles. The van der Waals surface area contributed by atoms with E-state index in [4.69, 9.17) is 11.6 Å². The highest BCUT2D eigenvalue weighted by Crippen LogP contribution is 2.30. The fourth-order valence-corrected chi connectivity index (χ4v) is 4.30. The minimum atomic E-state index is -0.509. The van der Waals surface area contributed by atoms with Crippen molar-refractivity contribution in [3.8, 4) is 0 Å². The summed E-state index contributed by atoms with van der Waals surface area (Å²) in [6.45, 7) is 4.01. The van der Waals surface area contributed by atoms with Crippen molar-refractivity contribution >= 4 is 46.6 Å². The molecule has 0 atom stereocenters. The number of anilines is 2. The number of nitrogens with zero attached hydrogens (tertiary/aromatic N) is 3.